The van der Waals surface area contributed by atoms with Crippen molar-refractivity contribution in [2.45, 2.75) is 26.6 Å². The smallest absolute Gasteiger partial charge is 0.164 e. The van der Waals surface area contributed by atoms with E-state index in [0.717, 1.165) is 30.2 Å². The minimum absolute atomic E-state index is 0.439. The predicted molar refractivity (Wildman–Crippen MR) is 69.2 cm³/mol. The summed E-state index contributed by atoms with van der Waals surface area (Å²) >= 11 is 0. The lowest BCUT2D eigenvalue weighted by Gasteiger charge is -2.11. The molecule has 0 spiro atoms. The Morgan fingerprint density at radius 3 is 2.94 bits per heavy atom. The lowest BCUT2D eigenvalue weighted by Crippen LogP contribution is -2.10. The first-order valence-corrected chi connectivity index (χ1v) is 6.07. The molecule has 0 atom stereocenters. The van der Waals surface area contributed by atoms with Gasteiger partial charge in [0.2, 0.25) is 0 Å². The van der Waals surface area contributed by atoms with Crippen LogP contribution in [0.1, 0.15) is 18.3 Å². The first-order valence-electron chi connectivity index (χ1n) is 6.07. The fourth-order valence-electron chi connectivity index (χ4n) is 1.79. The van der Waals surface area contributed by atoms with Crippen LogP contribution in [0.4, 0.5) is 0 Å². The fraction of sp³-hybridized carbons (Fsp3) is 0.385. The lowest BCUT2D eigenvalue weighted by molar-refractivity contribution is 0.284. The van der Waals surface area contributed by atoms with E-state index in [0.29, 0.717) is 6.61 Å². The van der Waals surface area contributed by atoms with Crippen LogP contribution in [0.25, 0.3) is 0 Å². The van der Waals surface area contributed by atoms with E-state index in [4.69, 9.17) is 4.74 Å². The van der Waals surface area contributed by atoms with Gasteiger partial charge in [0.1, 0.15) is 18.7 Å². The number of benzene rings is 1. The molecule has 1 aromatic heterocycles. The van der Waals surface area contributed by atoms with Gasteiger partial charge in [-0.2, -0.15) is 5.10 Å². The second kappa shape index (κ2) is 6.16. The molecule has 1 aromatic carbocycles. The number of hydrogen-bond donors (Lipinski definition) is 1. The third kappa shape index (κ3) is 2.87. The number of hydrogen-bond acceptors (Lipinski definition) is 4. The highest BCUT2D eigenvalue weighted by atomic mass is 16.5. The van der Waals surface area contributed by atoms with E-state index < -0.39 is 0 Å². The average Bonchev–Trinajstić information content (AvgIpc) is 2.85. The molecule has 0 unspecified atom stereocenters. The summed E-state index contributed by atoms with van der Waals surface area (Å²) in [6.45, 7) is 4.06. The van der Waals surface area contributed by atoms with Crippen molar-refractivity contribution >= 4 is 0 Å². The van der Waals surface area contributed by atoms with Gasteiger partial charge < -0.3 is 10.1 Å². The monoisotopic (exact) mass is 246 g/mol. The van der Waals surface area contributed by atoms with E-state index in [1.54, 1.807) is 6.33 Å². The zero-order valence-corrected chi connectivity index (χ0v) is 10.8. The number of aryl methyl sites for hydroxylation is 1. The zero-order chi connectivity index (χ0) is 12.8. The number of ether oxygens (including phenoxy) is 1. The molecule has 0 aliphatic heterocycles. The summed E-state index contributed by atoms with van der Waals surface area (Å²) in [6.07, 6.45) is 1.56. The predicted octanol–water partition coefficient (Wildman–Crippen LogP) is 1.60. The highest BCUT2D eigenvalue weighted by Crippen LogP contribution is 2.18. The Bertz CT molecular complexity index is 495. The average molecular weight is 246 g/mol. The maximum absolute atomic E-state index is 5.81. The molecular weight excluding hydrogens is 228 g/mol. The Morgan fingerprint density at radius 2 is 2.17 bits per heavy atom. The Morgan fingerprint density at radius 1 is 1.33 bits per heavy atom. The van der Waals surface area contributed by atoms with Crippen molar-refractivity contribution in [1.29, 1.82) is 0 Å². The van der Waals surface area contributed by atoms with Gasteiger partial charge in [0.05, 0.1) is 0 Å². The molecule has 5 nitrogen and oxygen atoms in total. The van der Waals surface area contributed by atoms with Crippen molar-refractivity contribution in [1.82, 2.24) is 20.1 Å². The molecule has 2 rings (SSSR count). The number of nitrogens with zero attached hydrogens (tertiary/aromatic N) is 3. The molecule has 0 bridgehead atoms. The minimum Gasteiger partial charge on any atom is -0.485 e. The number of para-hydroxylation sites is 1. The maximum Gasteiger partial charge on any atom is 0.164 e. The van der Waals surface area contributed by atoms with Crippen molar-refractivity contribution in [2.24, 2.45) is 0 Å². The van der Waals surface area contributed by atoms with Gasteiger partial charge in [0, 0.05) is 18.7 Å². The summed E-state index contributed by atoms with van der Waals surface area (Å²) in [5, 5.41) is 7.25. The second-order valence-corrected chi connectivity index (χ2v) is 3.92. The van der Waals surface area contributed by atoms with Crippen LogP contribution < -0.4 is 10.1 Å². The Balaban J connectivity index is 2.06. The van der Waals surface area contributed by atoms with Crippen LogP contribution in [0.15, 0.2) is 30.6 Å². The van der Waals surface area contributed by atoms with Crippen molar-refractivity contribution in [3.63, 3.8) is 0 Å². The highest BCUT2D eigenvalue weighted by molar-refractivity contribution is 5.33. The molecule has 2 aromatic rings. The van der Waals surface area contributed by atoms with Crippen molar-refractivity contribution in [2.75, 3.05) is 7.05 Å². The molecule has 0 fully saturated rings. The number of rotatable bonds is 6. The molecule has 1 N–H and O–H groups in total. The van der Waals surface area contributed by atoms with Gasteiger partial charge >= 0.3 is 0 Å². The molecular formula is C13H18N4O. The molecule has 0 aliphatic rings. The molecule has 96 valence electrons. The number of nitrogens with one attached hydrogen (secondary N) is 1. The first-order chi connectivity index (χ1) is 8.85. The fourth-order valence-corrected chi connectivity index (χ4v) is 1.79. The molecule has 5 heteroatoms. The van der Waals surface area contributed by atoms with Crippen LogP contribution in [0.3, 0.4) is 0 Å². The van der Waals surface area contributed by atoms with E-state index in [-0.39, 0.29) is 0 Å². The van der Waals surface area contributed by atoms with Crippen LogP contribution in [0.5, 0.6) is 5.75 Å². The molecule has 0 aliphatic carbocycles. The summed E-state index contributed by atoms with van der Waals surface area (Å²) in [7, 11) is 1.92. The molecule has 0 radical (unpaired) electrons. The largest absolute Gasteiger partial charge is 0.485 e. The van der Waals surface area contributed by atoms with E-state index in [2.05, 4.69) is 21.5 Å². The molecule has 0 saturated carbocycles. The third-order valence-electron chi connectivity index (χ3n) is 2.69. The van der Waals surface area contributed by atoms with Crippen LogP contribution >= 0.6 is 0 Å². The zero-order valence-electron chi connectivity index (χ0n) is 10.8. The van der Waals surface area contributed by atoms with Gasteiger partial charge in [-0.15, -0.1) is 0 Å². The highest BCUT2D eigenvalue weighted by Gasteiger charge is 2.06. The van der Waals surface area contributed by atoms with Gasteiger partial charge in [-0.3, -0.25) is 0 Å². The number of aromatic nitrogens is 3. The van der Waals surface area contributed by atoms with Crippen LogP contribution in [-0.2, 0) is 19.7 Å². The van der Waals surface area contributed by atoms with Crippen molar-refractivity contribution in [3.05, 3.63) is 42.0 Å². The van der Waals surface area contributed by atoms with Gasteiger partial charge in [0.25, 0.3) is 0 Å². The quantitative estimate of drug-likeness (QED) is 0.841. The first kappa shape index (κ1) is 12.6. The Labute approximate surface area is 107 Å². The van der Waals surface area contributed by atoms with Crippen LogP contribution in [0, 0.1) is 0 Å². The van der Waals surface area contributed by atoms with Gasteiger partial charge in [-0.25, -0.2) is 9.67 Å². The van der Waals surface area contributed by atoms with E-state index in [1.165, 1.54) is 0 Å². The van der Waals surface area contributed by atoms with Gasteiger partial charge in [-0.1, -0.05) is 18.2 Å². The minimum atomic E-state index is 0.439. The Hall–Kier alpha value is -1.88. The summed E-state index contributed by atoms with van der Waals surface area (Å²) in [6, 6.07) is 8.00. The van der Waals surface area contributed by atoms with Gasteiger partial charge in [-0.05, 0) is 20.0 Å². The Kier molecular flexibility index (Phi) is 4.30. The summed E-state index contributed by atoms with van der Waals surface area (Å²) in [5.41, 5.74) is 1.14. The molecule has 1 heterocycles. The second-order valence-electron chi connectivity index (χ2n) is 3.92. The third-order valence-corrected chi connectivity index (χ3v) is 2.69. The van der Waals surface area contributed by atoms with Crippen LogP contribution in [-0.4, -0.2) is 21.8 Å². The van der Waals surface area contributed by atoms with Gasteiger partial charge in [0.15, 0.2) is 5.82 Å². The van der Waals surface area contributed by atoms with E-state index in [9.17, 15) is 0 Å². The molecule has 0 amide bonds. The normalized spacial score (nSPS) is 10.6. The maximum atomic E-state index is 5.81. The SMILES string of the molecule is CCn1ncnc1COc1ccccc1CNC. The van der Waals surface area contributed by atoms with E-state index >= 15 is 0 Å². The topological polar surface area (TPSA) is 52.0 Å². The summed E-state index contributed by atoms with van der Waals surface area (Å²) in [5.74, 6) is 1.73. The lowest BCUT2D eigenvalue weighted by atomic mass is 10.2. The van der Waals surface area contributed by atoms with Crippen molar-refractivity contribution < 1.29 is 4.74 Å². The van der Waals surface area contributed by atoms with Crippen LogP contribution in [0.2, 0.25) is 0 Å². The standard InChI is InChI=1S/C13H18N4O/c1-3-17-13(15-10-16-17)9-18-12-7-5-4-6-11(12)8-14-2/h4-7,10,14H,3,8-9H2,1-2H3. The van der Waals surface area contributed by atoms with Crippen molar-refractivity contribution in [3.8, 4) is 5.75 Å². The molecule has 18 heavy (non-hydrogen) atoms. The summed E-state index contributed by atoms with van der Waals surface area (Å²) < 4.78 is 7.65. The molecule has 0 saturated heterocycles. The summed E-state index contributed by atoms with van der Waals surface area (Å²) in [4.78, 5) is 4.19. The van der Waals surface area contributed by atoms with E-state index in [1.807, 2.05) is 36.9 Å².